The van der Waals surface area contributed by atoms with Gasteiger partial charge in [0.1, 0.15) is 11.3 Å². The van der Waals surface area contributed by atoms with E-state index in [0.29, 0.717) is 15.9 Å². The highest BCUT2D eigenvalue weighted by molar-refractivity contribution is 6.36. The summed E-state index contributed by atoms with van der Waals surface area (Å²) in [6.07, 6.45) is 1.84. The number of aromatic nitrogens is 1. The Labute approximate surface area is 118 Å². The Bertz CT molecular complexity index is 611. The summed E-state index contributed by atoms with van der Waals surface area (Å²) in [5.41, 5.74) is 3.24. The first-order chi connectivity index (χ1) is 9.10. The summed E-state index contributed by atoms with van der Waals surface area (Å²) < 4.78 is 13.9. The molecule has 1 aromatic heterocycles. The Morgan fingerprint density at radius 2 is 2.05 bits per heavy atom. The van der Waals surface area contributed by atoms with Gasteiger partial charge in [0.15, 0.2) is 0 Å². The van der Waals surface area contributed by atoms with Gasteiger partial charge in [-0.25, -0.2) is 9.37 Å². The van der Waals surface area contributed by atoms with Crippen LogP contribution in [0.5, 0.6) is 0 Å². The minimum Gasteiger partial charge on any atom is -0.384 e. The summed E-state index contributed by atoms with van der Waals surface area (Å²) >= 11 is 6.25. The molecular formula is C15H18ClFN2. The molecule has 2 rings (SSSR count). The molecule has 1 heterocycles. The van der Waals surface area contributed by atoms with E-state index >= 15 is 0 Å². The molecule has 0 saturated heterocycles. The standard InChI is InChI=1S/C15H18ClFN2/c1-4-8-18-14-10(5-2)9(3)19-15-12(17)7-6-11(16)13(14)15/h6-7H,4-5,8H2,1-3H3,(H,18,19). The Balaban J connectivity index is 2.80. The normalized spacial score (nSPS) is 11.0. The second-order valence-electron chi connectivity index (χ2n) is 4.58. The average molecular weight is 281 g/mol. The summed E-state index contributed by atoms with van der Waals surface area (Å²) in [4.78, 5) is 4.38. The Morgan fingerprint density at radius 1 is 1.32 bits per heavy atom. The maximum Gasteiger partial charge on any atom is 0.149 e. The third kappa shape index (κ3) is 2.52. The van der Waals surface area contributed by atoms with Gasteiger partial charge in [-0.05, 0) is 37.5 Å². The van der Waals surface area contributed by atoms with Crippen molar-refractivity contribution in [3.05, 3.63) is 34.2 Å². The minimum atomic E-state index is -0.329. The van der Waals surface area contributed by atoms with Gasteiger partial charge in [-0.3, -0.25) is 0 Å². The maximum absolute atomic E-state index is 13.9. The number of pyridine rings is 1. The van der Waals surface area contributed by atoms with E-state index in [0.717, 1.165) is 36.3 Å². The third-order valence-corrected chi connectivity index (χ3v) is 3.57. The van der Waals surface area contributed by atoms with Crippen LogP contribution >= 0.6 is 11.6 Å². The van der Waals surface area contributed by atoms with E-state index in [2.05, 4.69) is 24.1 Å². The molecule has 0 spiro atoms. The number of nitrogens with zero attached hydrogens (tertiary/aromatic N) is 1. The number of hydrogen-bond donors (Lipinski definition) is 1. The quantitative estimate of drug-likeness (QED) is 0.876. The molecule has 0 aliphatic heterocycles. The van der Waals surface area contributed by atoms with Crippen LogP contribution in [0, 0.1) is 12.7 Å². The number of anilines is 1. The van der Waals surface area contributed by atoms with E-state index in [-0.39, 0.29) is 5.82 Å². The molecule has 19 heavy (non-hydrogen) atoms. The number of halogens is 2. The topological polar surface area (TPSA) is 24.9 Å². The molecule has 1 N–H and O–H groups in total. The molecule has 0 fully saturated rings. The van der Waals surface area contributed by atoms with Crippen molar-refractivity contribution in [1.82, 2.24) is 4.98 Å². The van der Waals surface area contributed by atoms with Gasteiger partial charge in [-0.2, -0.15) is 0 Å². The zero-order valence-electron chi connectivity index (χ0n) is 11.5. The highest BCUT2D eigenvalue weighted by atomic mass is 35.5. The van der Waals surface area contributed by atoms with Crippen molar-refractivity contribution in [3.63, 3.8) is 0 Å². The zero-order valence-corrected chi connectivity index (χ0v) is 12.2. The van der Waals surface area contributed by atoms with Crippen LogP contribution in [-0.4, -0.2) is 11.5 Å². The van der Waals surface area contributed by atoms with Crippen LogP contribution in [0.4, 0.5) is 10.1 Å². The highest BCUT2D eigenvalue weighted by Crippen LogP contribution is 2.35. The smallest absolute Gasteiger partial charge is 0.149 e. The van der Waals surface area contributed by atoms with Crippen molar-refractivity contribution in [3.8, 4) is 0 Å². The van der Waals surface area contributed by atoms with E-state index in [1.165, 1.54) is 6.07 Å². The van der Waals surface area contributed by atoms with Gasteiger partial charge in [0, 0.05) is 17.6 Å². The number of aryl methyl sites for hydroxylation is 1. The second kappa shape index (κ2) is 5.74. The van der Waals surface area contributed by atoms with Crippen molar-refractivity contribution in [2.45, 2.75) is 33.6 Å². The van der Waals surface area contributed by atoms with Gasteiger partial charge in [-0.1, -0.05) is 25.4 Å². The van der Waals surface area contributed by atoms with Gasteiger partial charge in [0.05, 0.1) is 10.7 Å². The van der Waals surface area contributed by atoms with E-state index in [4.69, 9.17) is 11.6 Å². The number of nitrogens with one attached hydrogen (secondary N) is 1. The second-order valence-corrected chi connectivity index (χ2v) is 4.99. The first kappa shape index (κ1) is 14.1. The highest BCUT2D eigenvalue weighted by Gasteiger charge is 2.16. The van der Waals surface area contributed by atoms with Gasteiger partial charge in [0.25, 0.3) is 0 Å². The number of benzene rings is 1. The molecule has 0 aliphatic carbocycles. The molecule has 0 saturated carbocycles. The molecule has 0 radical (unpaired) electrons. The summed E-state index contributed by atoms with van der Waals surface area (Å²) in [6.45, 7) is 6.91. The molecule has 0 amide bonds. The SMILES string of the molecule is CCCNc1c(CC)c(C)nc2c(F)ccc(Cl)c12. The lowest BCUT2D eigenvalue weighted by molar-refractivity contribution is 0.636. The first-order valence-corrected chi connectivity index (χ1v) is 6.99. The van der Waals surface area contributed by atoms with Crippen LogP contribution < -0.4 is 5.32 Å². The fraction of sp³-hybridized carbons (Fsp3) is 0.400. The van der Waals surface area contributed by atoms with E-state index < -0.39 is 0 Å². The lowest BCUT2D eigenvalue weighted by Gasteiger charge is -2.17. The van der Waals surface area contributed by atoms with Gasteiger partial charge >= 0.3 is 0 Å². The monoisotopic (exact) mass is 280 g/mol. The average Bonchev–Trinajstić information content (AvgIpc) is 2.40. The molecule has 102 valence electrons. The number of fused-ring (bicyclic) bond motifs is 1. The zero-order chi connectivity index (χ0) is 14.0. The lowest BCUT2D eigenvalue weighted by Crippen LogP contribution is -2.07. The van der Waals surface area contributed by atoms with Gasteiger partial charge in [-0.15, -0.1) is 0 Å². The Hall–Kier alpha value is -1.35. The molecule has 0 bridgehead atoms. The summed E-state index contributed by atoms with van der Waals surface area (Å²) in [5.74, 6) is -0.329. The van der Waals surface area contributed by atoms with Crippen molar-refractivity contribution < 1.29 is 4.39 Å². The first-order valence-electron chi connectivity index (χ1n) is 6.61. The maximum atomic E-state index is 13.9. The van der Waals surface area contributed by atoms with Crippen molar-refractivity contribution in [2.24, 2.45) is 0 Å². The van der Waals surface area contributed by atoms with Crippen molar-refractivity contribution in [2.75, 3.05) is 11.9 Å². The van der Waals surface area contributed by atoms with Crippen LogP contribution in [0.2, 0.25) is 5.02 Å². The molecular weight excluding hydrogens is 263 g/mol. The molecule has 2 aromatic rings. The van der Waals surface area contributed by atoms with Crippen LogP contribution in [0.25, 0.3) is 10.9 Å². The van der Waals surface area contributed by atoms with E-state index in [9.17, 15) is 4.39 Å². The molecule has 2 nitrogen and oxygen atoms in total. The molecule has 1 aromatic carbocycles. The largest absolute Gasteiger partial charge is 0.384 e. The fourth-order valence-corrected chi connectivity index (χ4v) is 2.58. The van der Waals surface area contributed by atoms with Crippen LogP contribution in [-0.2, 0) is 6.42 Å². The van der Waals surface area contributed by atoms with Crippen LogP contribution in [0.15, 0.2) is 12.1 Å². The molecule has 4 heteroatoms. The van der Waals surface area contributed by atoms with Crippen LogP contribution in [0.1, 0.15) is 31.5 Å². The third-order valence-electron chi connectivity index (χ3n) is 3.25. The summed E-state index contributed by atoms with van der Waals surface area (Å²) in [7, 11) is 0. The summed E-state index contributed by atoms with van der Waals surface area (Å²) in [5, 5.41) is 4.61. The predicted octanol–water partition coefficient (Wildman–Crippen LogP) is 4.72. The summed E-state index contributed by atoms with van der Waals surface area (Å²) in [6, 6.07) is 2.96. The van der Waals surface area contributed by atoms with Gasteiger partial charge in [0.2, 0.25) is 0 Å². The lowest BCUT2D eigenvalue weighted by atomic mass is 10.0. The molecule has 0 aliphatic rings. The van der Waals surface area contributed by atoms with E-state index in [1.54, 1.807) is 6.07 Å². The minimum absolute atomic E-state index is 0.329. The molecule has 0 atom stereocenters. The Morgan fingerprint density at radius 3 is 2.68 bits per heavy atom. The fourth-order valence-electron chi connectivity index (χ4n) is 2.33. The predicted molar refractivity (Wildman–Crippen MR) is 79.6 cm³/mol. The van der Waals surface area contributed by atoms with Crippen LogP contribution in [0.3, 0.4) is 0 Å². The number of rotatable bonds is 4. The van der Waals surface area contributed by atoms with E-state index in [1.807, 2.05) is 6.92 Å². The number of hydrogen-bond acceptors (Lipinski definition) is 2. The van der Waals surface area contributed by atoms with Crippen molar-refractivity contribution in [1.29, 1.82) is 0 Å². The molecule has 0 unspecified atom stereocenters. The Kier molecular flexibility index (Phi) is 4.25. The van der Waals surface area contributed by atoms with Crippen molar-refractivity contribution >= 4 is 28.2 Å². The van der Waals surface area contributed by atoms with Gasteiger partial charge < -0.3 is 5.32 Å².